The number of nitrogens with zero attached hydrogens (tertiary/aromatic N) is 5. The molecule has 2 N–H and O–H groups in total. The van der Waals surface area contributed by atoms with Crippen LogP contribution in [0.1, 0.15) is 6.42 Å². The molecule has 2 amide bonds. The molecule has 20 heavy (non-hydrogen) atoms. The van der Waals surface area contributed by atoms with Gasteiger partial charge in [0.2, 0.25) is 0 Å². The Hall–Kier alpha value is -1.97. The van der Waals surface area contributed by atoms with Gasteiger partial charge in [0.1, 0.15) is 18.7 Å². The van der Waals surface area contributed by atoms with E-state index in [0.717, 1.165) is 0 Å². The van der Waals surface area contributed by atoms with E-state index in [4.69, 9.17) is 9.84 Å². The molecule has 3 atom stereocenters. The summed E-state index contributed by atoms with van der Waals surface area (Å²) in [7, 11) is 1.54. The molecule has 0 spiro atoms. The maximum absolute atomic E-state index is 12.0. The highest BCUT2D eigenvalue weighted by Gasteiger charge is 2.45. The van der Waals surface area contributed by atoms with Crippen LogP contribution in [0.2, 0.25) is 0 Å². The van der Waals surface area contributed by atoms with Gasteiger partial charge in [-0.05, 0) is 0 Å². The summed E-state index contributed by atoms with van der Waals surface area (Å²) in [6.45, 7) is -0.316. The summed E-state index contributed by atoms with van der Waals surface area (Å²) in [6.07, 6.45) is -0.779. The van der Waals surface area contributed by atoms with E-state index >= 15 is 0 Å². The van der Waals surface area contributed by atoms with Crippen LogP contribution in [0.15, 0.2) is 20.0 Å². The lowest BCUT2D eigenvalue weighted by Crippen LogP contribution is -2.44. The molecule has 0 aromatic rings. The van der Waals surface area contributed by atoms with Crippen LogP contribution < -0.4 is 0 Å². The van der Waals surface area contributed by atoms with Gasteiger partial charge < -0.3 is 14.9 Å². The molecular weight excluding hydrogens is 266 g/mol. The van der Waals surface area contributed by atoms with E-state index in [1.165, 1.54) is 11.2 Å². The van der Waals surface area contributed by atoms with Gasteiger partial charge in [0, 0.05) is 13.5 Å². The van der Waals surface area contributed by atoms with Crippen molar-refractivity contribution in [1.82, 2.24) is 4.90 Å². The molecule has 0 unspecified atom stereocenters. The molecule has 1 fully saturated rings. The van der Waals surface area contributed by atoms with Crippen molar-refractivity contribution in [1.29, 1.82) is 0 Å². The second-order valence-corrected chi connectivity index (χ2v) is 4.47. The fourth-order valence-electron chi connectivity index (χ4n) is 2.34. The van der Waals surface area contributed by atoms with Crippen LogP contribution in [-0.2, 0) is 4.74 Å². The molecule has 3 rings (SSSR count). The van der Waals surface area contributed by atoms with Crippen molar-refractivity contribution in [3.05, 3.63) is 0 Å². The second kappa shape index (κ2) is 4.85. The molecule has 0 radical (unpaired) electrons. The number of aliphatic imine (C=N–C) groups is 4. The van der Waals surface area contributed by atoms with E-state index in [0.29, 0.717) is 17.4 Å². The number of aliphatic hydroxyl groups is 2. The number of urea groups is 1. The van der Waals surface area contributed by atoms with Crippen molar-refractivity contribution in [2.75, 3.05) is 13.7 Å². The molecule has 9 nitrogen and oxygen atoms in total. The van der Waals surface area contributed by atoms with Crippen LogP contribution in [0.25, 0.3) is 0 Å². The van der Waals surface area contributed by atoms with Crippen molar-refractivity contribution >= 4 is 29.8 Å². The molecular formula is C11H13N5O4. The number of carbonyl (C=O) groups excluding carboxylic acids is 1. The maximum atomic E-state index is 12.0. The van der Waals surface area contributed by atoms with E-state index in [9.17, 15) is 9.90 Å². The highest BCUT2D eigenvalue weighted by molar-refractivity contribution is 6.73. The molecule has 0 saturated carbocycles. The SMILES string of the molecule is CN=C1N=CN=C2C1=NC(=O)N2[C@H]1C[C@H](O)[C@@H](CO)O1. The second-order valence-electron chi connectivity index (χ2n) is 4.47. The first-order chi connectivity index (χ1) is 9.65. The van der Waals surface area contributed by atoms with E-state index in [2.05, 4.69) is 20.0 Å². The van der Waals surface area contributed by atoms with Crippen LogP contribution in [0.3, 0.4) is 0 Å². The van der Waals surface area contributed by atoms with Crippen molar-refractivity contribution in [2.45, 2.75) is 24.9 Å². The lowest BCUT2D eigenvalue weighted by Gasteiger charge is -2.23. The number of hydrogen-bond donors (Lipinski definition) is 2. The molecule has 0 aromatic heterocycles. The molecule has 3 aliphatic heterocycles. The Balaban J connectivity index is 1.88. The largest absolute Gasteiger partial charge is 0.394 e. The van der Waals surface area contributed by atoms with E-state index in [-0.39, 0.29) is 13.0 Å². The zero-order chi connectivity index (χ0) is 14.3. The Morgan fingerprint density at radius 2 is 2.40 bits per heavy atom. The maximum Gasteiger partial charge on any atom is 0.352 e. The third kappa shape index (κ3) is 1.87. The number of amides is 2. The number of aliphatic hydroxyl groups excluding tert-OH is 2. The Labute approximate surface area is 114 Å². The third-order valence-corrected chi connectivity index (χ3v) is 3.31. The van der Waals surface area contributed by atoms with E-state index < -0.39 is 24.5 Å². The lowest BCUT2D eigenvalue weighted by molar-refractivity contribution is -0.0471. The Bertz CT molecular complexity index is 567. The zero-order valence-corrected chi connectivity index (χ0v) is 10.7. The Kier molecular flexibility index (Phi) is 3.16. The molecule has 0 aliphatic carbocycles. The van der Waals surface area contributed by atoms with Gasteiger partial charge in [0.25, 0.3) is 0 Å². The summed E-state index contributed by atoms with van der Waals surface area (Å²) in [4.78, 5) is 29.0. The van der Waals surface area contributed by atoms with Crippen LogP contribution in [-0.4, -0.2) is 77.0 Å². The van der Waals surface area contributed by atoms with Gasteiger partial charge in [0.05, 0.1) is 12.7 Å². The quantitative estimate of drug-likeness (QED) is 0.659. The highest BCUT2D eigenvalue weighted by Crippen LogP contribution is 2.27. The zero-order valence-electron chi connectivity index (χ0n) is 10.7. The van der Waals surface area contributed by atoms with Crippen LogP contribution in [0, 0.1) is 0 Å². The molecule has 0 bridgehead atoms. The average molecular weight is 279 g/mol. The van der Waals surface area contributed by atoms with Crippen molar-refractivity contribution in [2.24, 2.45) is 20.0 Å². The monoisotopic (exact) mass is 279 g/mol. The molecule has 3 aliphatic rings. The first-order valence-electron chi connectivity index (χ1n) is 6.10. The normalized spacial score (nSPS) is 34.5. The smallest absolute Gasteiger partial charge is 0.352 e. The minimum absolute atomic E-state index is 0.189. The van der Waals surface area contributed by atoms with Crippen molar-refractivity contribution < 1.29 is 19.7 Å². The van der Waals surface area contributed by atoms with Crippen LogP contribution in [0.4, 0.5) is 4.79 Å². The number of rotatable bonds is 2. The topological polar surface area (TPSA) is 119 Å². The molecule has 106 valence electrons. The molecule has 9 heteroatoms. The minimum Gasteiger partial charge on any atom is -0.394 e. The van der Waals surface area contributed by atoms with Gasteiger partial charge in [0.15, 0.2) is 17.4 Å². The van der Waals surface area contributed by atoms with Gasteiger partial charge in [-0.25, -0.2) is 19.7 Å². The van der Waals surface area contributed by atoms with Crippen molar-refractivity contribution in [3.63, 3.8) is 0 Å². The van der Waals surface area contributed by atoms with Gasteiger partial charge >= 0.3 is 6.03 Å². The summed E-state index contributed by atoms with van der Waals surface area (Å²) in [6, 6.07) is -0.541. The van der Waals surface area contributed by atoms with E-state index in [1.807, 2.05) is 0 Å². The number of ether oxygens (including phenoxy) is 1. The van der Waals surface area contributed by atoms with Gasteiger partial charge in [-0.1, -0.05) is 0 Å². The third-order valence-electron chi connectivity index (χ3n) is 3.31. The standard InChI is InChI=1S/C11H13N5O4/c1-12-9-8-10(14-4-13-9)16(11(19)15-8)7-2-5(18)6(3-17)20-7/h4-7,17-18H,2-3H2,1H3/t5-,6+,7+/m0/s1. The van der Waals surface area contributed by atoms with Crippen LogP contribution in [0.5, 0.6) is 0 Å². The summed E-state index contributed by atoms with van der Waals surface area (Å²) in [5.41, 5.74) is 0.297. The summed E-state index contributed by atoms with van der Waals surface area (Å²) >= 11 is 0. The van der Waals surface area contributed by atoms with Crippen LogP contribution >= 0.6 is 0 Å². The van der Waals surface area contributed by atoms with Gasteiger partial charge in [-0.3, -0.25) is 4.99 Å². The minimum atomic E-state index is -0.834. The number of carbonyl (C=O) groups is 1. The van der Waals surface area contributed by atoms with E-state index in [1.54, 1.807) is 7.05 Å². The number of amidine groups is 2. The molecule has 3 heterocycles. The summed E-state index contributed by atoms with van der Waals surface area (Å²) < 4.78 is 5.46. The van der Waals surface area contributed by atoms with Gasteiger partial charge in [-0.15, -0.1) is 0 Å². The Morgan fingerprint density at radius 3 is 3.05 bits per heavy atom. The van der Waals surface area contributed by atoms with Gasteiger partial charge in [-0.2, -0.15) is 4.99 Å². The number of fused-ring (bicyclic) bond motifs is 1. The predicted octanol–water partition coefficient (Wildman–Crippen LogP) is -1.20. The Morgan fingerprint density at radius 1 is 1.60 bits per heavy atom. The fourth-order valence-corrected chi connectivity index (χ4v) is 2.34. The fraction of sp³-hybridized carbons (Fsp3) is 0.545. The predicted molar refractivity (Wildman–Crippen MR) is 70.3 cm³/mol. The first-order valence-corrected chi connectivity index (χ1v) is 6.10. The first kappa shape index (κ1) is 13.0. The number of hydrogen-bond acceptors (Lipinski definition) is 6. The average Bonchev–Trinajstić information content (AvgIpc) is 2.97. The lowest BCUT2D eigenvalue weighted by atomic mass is 10.2. The van der Waals surface area contributed by atoms with Crippen molar-refractivity contribution in [3.8, 4) is 0 Å². The summed E-state index contributed by atoms with van der Waals surface area (Å²) in [5, 5.41) is 18.8. The summed E-state index contributed by atoms with van der Waals surface area (Å²) in [5.74, 6) is 0.629. The molecule has 0 aromatic carbocycles. The highest BCUT2D eigenvalue weighted by atomic mass is 16.5. The molecule has 1 saturated heterocycles.